The zero-order chi connectivity index (χ0) is 15.4. The first-order valence-corrected chi connectivity index (χ1v) is 7.12. The number of amides is 2. The Morgan fingerprint density at radius 2 is 1.81 bits per heavy atom. The van der Waals surface area contributed by atoms with Crippen LogP contribution in [0.4, 0.5) is 4.79 Å². The molecule has 2 rings (SSSR count). The molecular weight excluding hydrogens is 272 g/mol. The fourth-order valence-electron chi connectivity index (χ4n) is 2.19. The molecule has 0 atom stereocenters. The van der Waals surface area contributed by atoms with Crippen molar-refractivity contribution in [1.29, 1.82) is 0 Å². The van der Waals surface area contributed by atoms with Gasteiger partial charge in [0.2, 0.25) is 0 Å². The Bertz CT molecular complexity index is 477. The summed E-state index contributed by atoms with van der Waals surface area (Å²) >= 11 is 0. The van der Waals surface area contributed by atoms with E-state index in [1.807, 2.05) is 20.8 Å². The fraction of sp³-hybridized carbons (Fsp3) is 0.571. The van der Waals surface area contributed by atoms with E-state index in [4.69, 9.17) is 4.74 Å². The molecule has 0 radical (unpaired) electrons. The minimum Gasteiger partial charge on any atom is -0.447 e. The van der Waals surface area contributed by atoms with Crippen molar-refractivity contribution in [2.75, 3.05) is 26.2 Å². The second-order valence-corrected chi connectivity index (χ2v) is 5.43. The van der Waals surface area contributed by atoms with Crippen LogP contribution in [-0.2, 0) is 9.53 Å². The van der Waals surface area contributed by atoms with E-state index < -0.39 is 0 Å². The Balaban J connectivity index is 1.88. The minimum atomic E-state index is -0.312. The molecule has 1 fully saturated rings. The molecule has 116 valence electrons. The van der Waals surface area contributed by atoms with Crippen molar-refractivity contribution in [3.8, 4) is 0 Å². The maximum absolute atomic E-state index is 12.3. The van der Waals surface area contributed by atoms with E-state index in [-0.39, 0.29) is 18.1 Å². The summed E-state index contributed by atoms with van der Waals surface area (Å²) in [6.07, 6.45) is 3.15. The van der Waals surface area contributed by atoms with Crippen LogP contribution in [0.1, 0.15) is 20.8 Å². The summed E-state index contributed by atoms with van der Waals surface area (Å²) in [5.74, 6) is -0.0631. The Morgan fingerprint density at radius 1 is 1.19 bits per heavy atom. The first kappa shape index (κ1) is 15.2. The van der Waals surface area contributed by atoms with Crippen LogP contribution < -0.4 is 10.9 Å². The molecule has 2 aliphatic heterocycles. The van der Waals surface area contributed by atoms with Gasteiger partial charge in [-0.3, -0.25) is 10.2 Å². The van der Waals surface area contributed by atoms with Gasteiger partial charge in [0.1, 0.15) is 5.70 Å². The lowest BCUT2D eigenvalue weighted by Crippen LogP contribution is -2.52. The van der Waals surface area contributed by atoms with Crippen LogP contribution in [-0.4, -0.2) is 54.1 Å². The lowest BCUT2D eigenvalue weighted by molar-refractivity contribution is -0.129. The number of hydrogen-bond donors (Lipinski definition) is 2. The largest absolute Gasteiger partial charge is 0.447 e. The Morgan fingerprint density at radius 3 is 2.38 bits per heavy atom. The zero-order valence-corrected chi connectivity index (χ0v) is 12.7. The lowest BCUT2D eigenvalue weighted by Gasteiger charge is -2.35. The SMILES string of the molecule is CC1=CNNC(C(=O)N2CCN(C(=O)OC(C)C)CC2)=C1. The maximum Gasteiger partial charge on any atom is 0.410 e. The Kier molecular flexibility index (Phi) is 4.72. The van der Waals surface area contributed by atoms with Crippen LogP contribution in [0.5, 0.6) is 0 Å². The molecule has 0 unspecified atom stereocenters. The van der Waals surface area contributed by atoms with Crippen LogP contribution in [0.2, 0.25) is 0 Å². The van der Waals surface area contributed by atoms with Gasteiger partial charge < -0.3 is 20.0 Å². The number of rotatable bonds is 2. The molecular formula is C14H22N4O3. The zero-order valence-electron chi connectivity index (χ0n) is 12.7. The van der Waals surface area contributed by atoms with Crippen LogP contribution in [0.15, 0.2) is 23.5 Å². The number of ether oxygens (including phenoxy) is 1. The van der Waals surface area contributed by atoms with Crippen molar-refractivity contribution in [2.24, 2.45) is 0 Å². The fourth-order valence-corrected chi connectivity index (χ4v) is 2.19. The molecule has 1 saturated heterocycles. The van der Waals surface area contributed by atoms with Crippen LogP contribution >= 0.6 is 0 Å². The van der Waals surface area contributed by atoms with E-state index >= 15 is 0 Å². The minimum absolute atomic E-state index is 0.0631. The van der Waals surface area contributed by atoms with Gasteiger partial charge in [0.25, 0.3) is 5.91 Å². The summed E-state index contributed by atoms with van der Waals surface area (Å²) in [5, 5.41) is 0. The monoisotopic (exact) mass is 294 g/mol. The predicted molar refractivity (Wildman–Crippen MR) is 77.9 cm³/mol. The highest BCUT2D eigenvalue weighted by Crippen LogP contribution is 2.10. The highest BCUT2D eigenvalue weighted by atomic mass is 16.6. The van der Waals surface area contributed by atoms with Crippen LogP contribution in [0.3, 0.4) is 0 Å². The van der Waals surface area contributed by atoms with Gasteiger partial charge in [-0.1, -0.05) is 0 Å². The van der Waals surface area contributed by atoms with Gasteiger partial charge >= 0.3 is 6.09 Å². The van der Waals surface area contributed by atoms with Crippen molar-refractivity contribution in [1.82, 2.24) is 20.7 Å². The number of piperazine rings is 1. The summed E-state index contributed by atoms with van der Waals surface area (Å²) in [4.78, 5) is 27.5. The van der Waals surface area contributed by atoms with E-state index in [1.165, 1.54) is 0 Å². The third-order valence-corrected chi connectivity index (χ3v) is 3.27. The summed E-state index contributed by atoms with van der Waals surface area (Å²) in [6, 6.07) is 0. The standard InChI is InChI=1S/C14H22N4O3/c1-10(2)21-14(20)18-6-4-17(5-7-18)13(19)12-8-11(3)9-15-16-12/h8-10,15-16H,4-7H2,1-3H3. The summed E-state index contributed by atoms with van der Waals surface area (Å²) in [5.41, 5.74) is 7.19. The van der Waals surface area contributed by atoms with E-state index in [9.17, 15) is 9.59 Å². The maximum atomic E-state index is 12.3. The number of nitrogens with zero attached hydrogens (tertiary/aromatic N) is 2. The predicted octanol–water partition coefficient (Wildman–Crippen LogP) is 0.571. The second-order valence-electron chi connectivity index (χ2n) is 5.43. The average molecular weight is 294 g/mol. The number of carbonyl (C=O) groups is 2. The molecule has 0 aromatic rings. The van der Waals surface area contributed by atoms with E-state index in [1.54, 1.807) is 22.1 Å². The highest BCUT2D eigenvalue weighted by molar-refractivity contribution is 5.93. The van der Waals surface area contributed by atoms with Crippen molar-refractivity contribution >= 4 is 12.0 Å². The molecule has 0 bridgehead atoms. The van der Waals surface area contributed by atoms with Gasteiger partial charge in [0, 0.05) is 32.4 Å². The summed E-state index contributed by atoms with van der Waals surface area (Å²) in [6.45, 7) is 7.56. The molecule has 7 nitrogen and oxygen atoms in total. The third kappa shape index (κ3) is 3.90. The molecule has 0 saturated carbocycles. The molecule has 0 aromatic heterocycles. The van der Waals surface area contributed by atoms with Gasteiger partial charge in [0.05, 0.1) is 6.10 Å². The van der Waals surface area contributed by atoms with E-state index in [0.717, 1.165) is 5.57 Å². The number of allylic oxidation sites excluding steroid dienone is 2. The molecule has 2 aliphatic rings. The molecule has 2 amide bonds. The van der Waals surface area contributed by atoms with Crippen molar-refractivity contribution in [3.63, 3.8) is 0 Å². The number of hydrogen-bond acceptors (Lipinski definition) is 5. The molecule has 21 heavy (non-hydrogen) atoms. The summed E-state index contributed by atoms with van der Waals surface area (Å²) < 4.78 is 5.16. The topological polar surface area (TPSA) is 73.9 Å². The molecule has 2 heterocycles. The molecule has 0 spiro atoms. The van der Waals surface area contributed by atoms with Crippen LogP contribution in [0, 0.1) is 0 Å². The number of hydrazine groups is 1. The quantitative estimate of drug-likeness (QED) is 0.779. The van der Waals surface area contributed by atoms with Gasteiger partial charge in [-0.2, -0.15) is 0 Å². The Labute approximate surface area is 124 Å². The molecule has 0 aromatic carbocycles. The van der Waals surface area contributed by atoms with E-state index in [2.05, 4.69) is 10.9 Å². The van der Waals surface area contributed by atoms with Gasteiger partial charge in [-0.05, 0) is 32.4 Å². The number of nitrogens with one attached hydrogen (secondary N) is 2. The Hall–Kier alpha value is -2.18. The van der Waals surface area contributed by atoms with Gasteiger partial charge in [-0.15, -0.1) is 0 Å². The van der Waals surface area contributed by atoms with E-state index in [0.29, 0.717) is 31.9 Å². The van der Waals surface area contributed by atoms with Crippen LogP contribution in [0.25, 0.3) is 0 Å². The smallest absolute Gasteiger partial charge is 0.410 e. The molecule has 0 aliphatic carbocycles. The highest BCUT2D eigenvalue weighted by Gasteiger charge is 2.27. The van der Waals surface area contributed by atoms with Gasteiger partial charge in [0.15, 0.2) is 0 Å². The van der Waals surface area contributed by atoms with Crippen molar-refractivity contribution in [2.45, 2.75) is 26.9 Å². The van der Waals surface area contributed by atoms with Crippen molar-refractivity contribution in [3.05, 3.63) is 23.5 Å². The first-order valence-electron chi connectivity index (χ1n) is 7.12. The molecule has 2 N–H and O–H groups in total. The first-order chi connectivity index (χ1) is 9.97. The second kappa shape index (κ2) is 6.51. The molecule has 7 heteroatoms. The third-order valence-electron chi connectivity index (χ3n) is 3.27. The average Bonchev–Trinajstić information content (AvgIpc) is 2.46. The van der Waals surface area contributed by atoms with Gasteiger partial charge in [-0.25, -0.2) is 4.79 Å². The van der Waals surface area contributed by atoms with Crippen molar-refractivity contribution < 1.29 is 14.3 Å². The normalized spacial score (nSPS) is 18.5. The summed E-state index contributed by atoms with van der Waals surface area (Å²) in [7, 11) is 0. The lowest BCUT2D eigenvalue weighted by atomic mass is 10.2. The number of carbonyl (C=O) groups excluding carboxylic acids is 2.